The summed E-state index contributed by atoms with van der Waals surface area (Å²) < 4.78 is 10.8. The van der Waals surface area contributed by atoms with Gasteiger partial charge in [0.1, 0.15) is 29.7 Å². The van der Waals surface area contributed by atoms with Crippen LogP contribution in [0.4, 0.5) is 4.79 Å². The maximum absolute atomic E-state index is 12.0. The Hall–Kier alpha value is -2.28. The fourth-order valence-electron chi connectivity index (χ4n) is 2.24. The van der Waals surface area contributed by atoms with Crippen molar-refractivity contribution in [3.05, 3.63) is 24.3 Å². The molecule has 1 aliphatic heterocycles. The van der Waals surface area contributed by atoms with E-state index in [-0.39, 0.29) is 19.1 Å². The van der Waals surface area contributed by atoms with Gasteiger partial charge in [0.25, 0.3) is 5.91 Å². The zero-order valence-electron chi connectivity index (χ0n) is 13.5. The minimum Gasteiger partial charge on any atom is -0.494 e. The van der Waals surface area contributed by atoms with Gasteiger partial charge in [-0.05, 0) is 45.0 Å². The van der Waals surface area contributed by atoms with Crippen molar-refractivity contribution in [2.24, 2.45) is 0 Å². The highest BCUT2D eigenvalue weighted by Gasteiger charge is 2.44. The summed E-state index contributed by atoms with van der Waals surface area (Å²) in [7, 11) is 0. The van der Waals surface area contributed by atoms with Gasteiger partial charge in [0.15, 0.2) is 0 Å². The van der Waals surface area contributed by atoms with Gasteiger partial charge in [-0.2, -0.15) is 0 Å². The first kappa shape index (κ1) is 17.1. The van der Waals surface area contributed by atoms with Crippen molar-refractivity contribution in [2.45, 2.75) is 32.4 Å². The van der Waals surface area contributed by atoms with Crippen LogP contribution in [0.15, 0.2) is 24.3 Å². The van der Waals surface area contributed by atoms with Gasteiger partial charge < -0.3 is 19.9 Å². The molecular weight excluding hydrogens is 300 g/mol. The van der Waals surface area contributed by atoms with E-state index >= 15 is 0 Å². The predicted octanol–water partition coefficient (Wildman–Crippen LogP) is 1.16. The van der Waals surface area contributed by atoms with Crippen molar-refractivity contribution in [3.8, 4) is 11.5 Å². The molecule has 0 saturated carbocycles. The van der Waals surface area contributed by atoms with Crippen LogP contribution < -0.4 is 14.8 Å². The molecule has 1 atom stereocenters. The average molecular weight is 322 g/mol. The van der Waals surface area contributed by atoms with E-state index in [2.05, 4.69) is 5.32 Å². The van der Waals surface area contributed by atoms with Gasteiger partial charge in [-0.3, -0.25) is 9.69 Å². The average Bonchev–Trinajstić information content (AvgIpc) is 2.69. The number of hydrogen-bond acceptors (Lipinski definition) is 5. The second-order valence-electron chi connectivity index (χ2n) is 5.84. The molecule has 7 heteroatoms. The van der Waals surface area contributed by atoms with Crippen LogP contribution >= 0.6 is 0 Å². The molecule has 1 heterocycles. The van der Waals surface area contributed by atoms with Gasteiger partial charge in [0.2, 0.25) is 0 Å². The minimum absolute atomic E-state index is 0.0224. The van der Waals surface area contributed by atoms with Gasteiger partial charge in [0.05, 0.1) is 13.2 Å². The third-order valence-electron chi connectivity index (χ3n) is 3.41. The van der Waals surface area contributed by atoms with Crippen molar-refractivity contribution < 1.29 is 24.2 Å². The van der Waals surface area contributed by atoms with E-state index in [1.54, 1.807) is 38.1 Å². The van der Waals surface area contributed by atoms with Crippen molar-refractivity contribution in [2.75, 3.05) is 19.8 Å². The lowest BCUT2D eigenvalue weighted by Crippen LogP contribution is -2.42. The monoisotopic (exact) mass is 322 g/mol. The van der Waals surface area contributed by atoms with E-state index in [4.69, 9.17) is 9.47 Å². The van der Waals surface area contributed by atoms with E-state index < -0.39 is 17.7 Å². The Bertz CT molecular complexity index is 570. The number of ether oxygens (including phenoxy) is 2. The number of benzene rings is 1. The number of hydrogen-bond donors (Lipinski definition) is 2. The number of carbonyl (C=O) groups is 2. The van der Waals surface area contributed by atoms with Gasteiger partial charge in [-0.25, -0.2) is 4.79 Å². The Balaban J connectivity index is 1.84. The van der Waals surface area contributed by atoms with Crippen LogP contribution in [-0.4, -0.2) is 53.3 Å². The fourth-order valence-corrected chi connectivity index (χ4v) is 2.24. The lowest BCUT2D eigenvalue weighted by molar-refractivity contribution is -0.131. The number of amides is 3. The maximum atomic E-state index is 12.0. The van der Waals surface area contributed by atoms with Crippen LogP contribution in [0.5, 0.6) is 11.5 Å². The Morgan fingerprint density at radius 2 is 1.74 bits per heavy atom. The Labute approximate surface area is 135 Å². The molecule has 0 spiro atoms. The molecule has 0 radical (unpaired) electrons. The third kappa shape index (κ3) is 4.13. The number of rotatable bonds is 7. The van der Waals surface area contributed by atoms with Gasteiger partial charge in [-0.15, -0.1) is 0 Å². The molecule has 1 fully saturated rings. The van der Waals surface area contributed by atoms with Crippen LogP contribution in [0.25, 0.3) is 0 Å². The van der Waals surface area contributed by atoms with E-state index in [1.807, 2.05) is 6.92 Å². The topological polar surface area (TPSA) is 88.1 Å². The van der Waals surface area contributed by atoms with Crippen LogP contribution in [0.1, 0.15) is 20.8 Å². The van der Waals surface area contributed by atoms with Gasteiger partial charge >= 0.3 is 6.03 Å². The number of aliphatic hydroxyl groups is 1. The molecule has 2 N–H and O–H groups in total. The van der Waals surface area contributed by atoms with Crippen LogP contribution in [0.2, 0.25) is 0 Å². The Kier molecular flexibility index (Phi) is 5.10. The SMILES string of the molecule is CCOc1ccc(OC[C@@H](O)CN2C(=O)NC(C)(C)C2=O)cc1. The lowest BCUT2D eigenvalue weighted by Gasteiger charge is -2.19. The summed E-state index contributed by atoms with van der Waals surface area (Å²) in [5.41, 5.74) is -0.938. The molecule has 7 nitrogen and oxygen atoms in total. The summed E-state index contributed by atoms with van der Waals surface area (Å²) in [6.07, 6.45) is -0.967. The highest BCUT2D eigenvalue weighted by Crippen LogP contribution is 2.19. The molecule has 2 rings (SSSR count). The molecule has 0 aliphatic carbocycles. The zero-order chi connectivity index (χ0) is 17.0. The first-order valence-corrected chi connectivity index (χ1v) is 7.51. The summed E-state index contributed by atoms with van der Waals surface area (Å²) in [6.45, 7) is 5.60. The number of urea groups is 1. The van der Waals surface area contributed by atoms with Gasteiger partial charge in [-0.1, -0.05) is 0 Å². The first-order valence-electron chi connectivity index (χ1n) is 7.51. The smallest absolute Gasteiger partial charge is 0.325 e. The molecule has 0 aromatic heterocycles. The van der Waals surface area contributed by atoms with Crippen molar-refractivity contribution in [1.82, 2.24) is 10.2 Å². The highest BCUT2D eigenvalue weighted by molar-refractivity contribution is 6.06. The second-order valence-corrected chi connectivity index (χ2v) is 5.84. The van der Waals surface area contributed by atoms with Crippen molar-refractivity contribution >= 4 is 11.9 Å². The summed E-state index contributed by atoms with van der Waals surface area (Å²) in [5.74, 6) is 0.953. The Morgan fingerprint density at radius 1 is 1.17 bits per heavy atom. The molecule has 126 valence electrons. The van der Waals surface area contributed by atoms with Crippen LogP contribution in [-0.2, 0) is 4.79 Å². The van der Waals surface area contributed by atoms with Crippen molar-refractivity contribution in [3.63, 3.8) is 0 Å². The number of nitrogens with one attached hydrogen (secondary N) is 1. The van der Waals surface area contributed by atoms with Crippen LogP contribution in [0, 0.1) is 0 Å². The first-order chi connectivity index (χ1) is 10.8. The number of nitrogens with zero attached hydrogens (tertiary/aromatic N) is 1. The number of imide groups is 1. The quantitative estimate of drug-likeness (QED) is 0.735. The van der Waals surface area contributed by atoms with Gasteiger partial charge in [0, 0.05) is 0 Å². The minimum atomic E-state index is -0.967. The standard InChI is InChI=1S/C16H22N2O5/c1-4-22-12-5-7-13(8-6-12)23-10-11(19)9-18-14(20)16(2,3)17-15(18)21/h5-8,11,19H,4,9-10H2,1-3H3,(H,17,21)/t11-/m0/s1. The Morgan fingerprint density at radius 3 is 2.22 bits per heavy atom. The summed E-state index contributed by atoms with van der Waals surface area (Å²) >= 11 is 0. The molecular formula is C16H22N2O5. The molecule has 1 aromatic rings. The zero-order valence-corrected chi connectivity index (χ0v) is 13.5. The van der Waals surface area contributed by atoms with E-state index in [0.717, 1.165) is 10.6 Å². The largest absolute Gasteiger partial charge is 0.494 e. The van der Waals surface area contributed by atoms with E-state index in [9.17, 15) is 14.7 Å². The highest BCUT2D eigenvalue weighted by atomic mass is 16.5. The molecule has 3 amide bonds. The molecule has 0 bridgehead atoms. The normalized spacial score (nSPS) is 17.8. The molecule has 23 heavy (non-hydrogen) atoms. The van der Waals surface area contributed by atoms with E-state index in [0.29, 0.717) is 12.4 Å². The lowest BCUT2D eigenvalue weighted by atomic mass is 10.1. The molecule has 1 aromatic carbocycles. The molecule has 1 saturated heterocycles. The summed E-state index contributed by atoms with van der Waals surface area (Å²) in [4.78, 5) is 24.8. The maximum Gasteiger partial charge on any atom is 0.325 e. The molecule has 1 aliphatic rings. The third-order valence-corrected chi connectivity index (χ3v) is 3.41. The summed E-state index contributed by atoms with van der Waals surface area (Å²) in [5, 5.41) is 12.6. The van der Waals surface area contributed by atoms with Crippen LogP contribution in [0.3, 0.4) is 0 Å². The second kappa shape index (κ2) is 6.87. The fraction of sp³-hybridized carbons (Fsp3) is 0.500. The number of β-amino-alcohol motifs (C(OH)–C–C–N with tert-alkyl or cyclic N) is 1. The predicted molar refractivity (Wildman–Crippen MR) is 83.4 cm³/mol. The number of aliphatic hydroxyl groups excluding tert-OH is 1. The molecule has 0 unspecified atom stereocenters. The van der Waals surface area contributed by atoms with Crippen molar-refractivity contribution in [1.29, 1.82) is 0 Å². The number of carbonyl (C=O) groups excluding carboxylic acids is 2. The summed E-state index contributed by atoms with van der Waals surface area (Å²) in [6, 6.07) is 6.50. The van der Waals surface area contributed by atoms with E-state index in [1.165, 1.54) is 0 Å².